The number of benzene rings is 1. The van der Waals surface area contributed by atoms with Crippen LogP contribution in [0.25, 0.3) is 0 Å². The van der Waals surface area contributed by atoms with Gasteiger partial charge in [-0.15, -0.1) is 0 Å². The Bertz CT molecular complexity index is 513. The second-order valence-corrected chi connectivity index (χ2v) is 6.49. The standard InChI is InChI=1S/C14H24N2O3S/c1-5-14(15-3)12-7-6-8-13(9-12)20(17,18)16-10-11(2)19-4/h6-9,11,14-16H,5,10H2,1-4H3. The summed E-state index contributed by atoms with van der Waals surface area (Å²) in [6.07, 6.45) is 0.738. The smallest absolute Gasteiger partial charge is 0.240 e. The molecule has 0 saturated carbocycles. The third kappa shape index (κ3) is 4.56. The average Bonchev–Trinajstić information content (AvgIpc) is 2.46. The summed E-state index contributed by atoms with van der Waals surface area (Å²) in [6.45, 7) is 4.13. The van der Waals surface area contributed by atoms with Crippen LogP contribution in [0, 0.1) is 0 Å². The number of rotatable bonds is 8. The normalized spacial score (nSPS) is 15.0. The van der Waals surface area contributed by atoms with Crippen LogP contribution < -0.4 is 10.0 Å². The van der Waals surface area contributed by atoms with E-state index < -0.39 is 10.0 Å². The van der Waals surface area contributed by atoms with Gasteiger partial charge in [0, 0.05) is 19.7 Å². The maximum absolute atomic E-state index is 12.2. The Morgan fingerprint density at radius 1 is 1.35 bits per heavy atom. The van der Waals surface area contributed by atoms with E-state index in [1.165, 1.54) is 0 Å². The minimum atomic E-state index is -3.50. The minimum Gasteiger partial charge on any atom is -0.380 e. The van der Waals surface area contributed by atoms with E-state index in [1.54, 1.807) is 25.3 Å². The van der Waals surface area contributed by atoms with E-state index in [2.05, 4.69) is 17.0 Å². The summed E-state index contributed by atoms with van der Waals surface area (Å²) in [7, 11) is -0.0729. The highest BCUT2D eigenvalue weighted by Crippen LogP contribution is 2.19. The molecule has 1 rings (SSSR count). The summed E-state index contributed by atoms with van der Waals surface area (Å²) in [5.41, 5.74) is 0.970. The van der Waals surface area contributed by atoms with E-state index in [4.69, 9.17) is 4.74 Å². The van der Waals surface area contributed by atoms with Crippen molar-refractivity contribution in [2.45, 2.75) is 37.3 Å². The van der Waals surface area contributed by atoms with Crippen molar-refractivity contribution in [3.8, 4) is 0 Å². The van der Waals surface area contributed by atoms with E-state index in [9.17, 15) is 8.42 Å². The first-order valence-corrected chi connectivity index (χ1v) is 8.22. The van der Waals surface area contributed by atoms with Crippen molar-refractivity contribution < 1.29 is 13.2 Å². The Kier molecular flexibility index (Phi) is 6.61. The van der Waals surface area contributed by atoms with Gasteiger partial charge in [-0.25, -0.2) is 13.1 Å². The van der Waals surface area contributed by atoms with Crippen molar-refractivity contribution in [2.24, 2.45) is 0 Å². The zero-order valence-corrected chi connectivity index (χ0v) is 13.3. The fourth-order valence-corrected chi connectivity index (χ4v) is 3.07. The predicted octanol–water partition coefficient (Wildman–Crippen LogP) is 1.67. The first kappa shape index (κ1) is 17.1. The fourth-order valence-electron chi connectivity index (χ4n) is 1.90. The lowest BCUT2D eigenvalue weighted by Crippen LogP contribution is -2.31. The van der Waals surface area contributed by atoms with Crippen molar-refractivity contribution in [1.29, 1.82) is 0 Å². The van der Waals surface area contributed by atoms with Crippen molar-refractivity contribution in [3.63, 3.8) is 0 Å². The van der Waals surface area contributed by atoms with Gasteiger partial charge in [0.05, 0.1) is 11.0 Å². The molecule has 0 aliphatic carbocycles. The maximum Gasteiger partial charge on any atom is 0.240 e. The Balaban J connectivity index is 2.93. The average molecular weight is 300 g/mol. The predicted molar refractivity (Wildman–Crippen MR) is 80.2 cm³/mol. The van der Waals surface area contributed by atoms with Crippen LogP contribution in [-0.4, -0.2) is 35.2 Å². The molecule has 5 nitrogen and oxygen atoms in total. The lowest BCUT2D eigenvalue weighted by Gasteiger charge is -2.16. The molecule has 0 radical (unpaired) electrons. The molecule has 0 aliphatic heterocycles. The molecule has 0 amide bonds. The molecule has 0 aromatic heterocycles. The van der Waals surface area contributed by atoms with Gasteiger partial charge in [0.1, 0.15) is 0 Å². The molecule has 0 aliphatic rings. The molecule has 0 spiro atoms. The van der Waals surface area contributed by atoms with Crippen molar-refractivity contribution >= 4 is 10.0 Å². The lowest BCUT2D eigenvalue weighted by atomic mass is 10.1. The molecule has 2 atom stereocenters. The first-order valence-electron chi connectivity index (χ1n) is 6.74. The summed E-state index contributed by atoms with van der Waals surface area (Å²) in [5.74, 6) is 0. The van der Waals surface area contributed by atoms with Gasteiger partial charge < -0.3 is 10.1 Å². The Labute approximate surface area is 121 Å². The van der Waals surface area contributed by atoms with Crippen LogP contribution >= 0.6 is 0 Å². The van der Waals surface area contributed by atoms with Crippen LogP contribution in [0.4, 0.5) is 0 Å². The Morgan fingerprint density at radius 3 is 2.60 bits per heavy atom. The molecule has 1 aromatic rings. The molecule has 0 heterocycles. The van der Waals surface area contributed by atoms with Gasteiger partial charge in [-0.3, -0.25) is 0 Å². The second-order valence-electron chi connectivity index (χ2n) is 4.72. The van der Waals surface area contributed by atoms with Gasteiger partial charge in [0.2, 0.25) is 10.0 Å². The molecule has 0 bridgehead atoms. The topological polar surface area (TPSA) is 67.4 Å². The summed E-state index contributed by atoms with van der Waals surface area (Å²) < 4.78 is 32.0. The molecule has 6 heteroatoms. The molecular formula is C14H24N2O3S. The van der Waals surface area contributed by atoms with Gasteiger partial charge in [-0.1, -0.05) is 19.1 Å². The zero-order valence-electron chi connectivity index (χ0n) is 12.5. The molecule has 0 saturated heterocycles. The van der Waals surface area contributed by atoms with E-state index in [0.29, 0.717) is 0 Å². The van der Waals surface area contributed by atoms with Crippen LogP contribution in [0.15, 0.2) is 29.2 Å². The highest BCUT2D eigenvalue weighted by molar-refractivity contribution is 7.89. The summed E-state index contributed by atoms with van der Waals surface area (Å²) in [4.78, 5) is 0.284. The van der Waals surface area contributed by atoms with Crippen molar-refractivity contribution in [2.75, 3.05) is 20.7 Å². The first-order chi connectivity index (χ1) is 9.44. The fraction of sp³-hybridized carbons (Fsp3) is 0.571. The Morgan fingerprint density at radius 2 is 2.05 bits per heavy atom. The van der Waals surface area contributed by atoms with Crippen LogP contribution in [0.5, 0.6) is 0 Å². The van der Waals surface area contributed by atoms with Crippen LogP contribution in [0.1, 0.15) is 31.9 Å². The quantitative estimate of drug-likeness (QED) is 0.766. The van der Waals surface area contributed by atoms with Crippen molar-refractivity contribution in [1.82, 2.24) is 10.0 Å². The van der Waals surface area contributed by atoms with Gasteiger partial charge in [-0.2, -0.15) is 0 Å². The molecule has 2 N–H and O–H groups in total. The van der Waals surface area contributed by atoms with Crippen LogP contribution in [-0.2, 0) is 14.8 Å². The third-order valence-corrected chi connectivity index (χ3v) is 4.71. The highest BCUT2D eigenvalue weighted by Gasteiger charge is 2.17. The number of hydrogen-bond donors (Lipinski definition) is 2. The monoisotopic (exact) mass is 300 g/mol. The SMILES string of the molecule is CCC(NC)c1cccc(S(=O)(=O)NCC(C)OC)c1. The number of methoxy groups -OCH3 is 1. The van der Waals surface area contributed by atoms with Gasteiger partial charge >= 0.3 is 0 Å². The van der Waals surface area contributed by atoms with Crippen LogP contribution in [0.3, 0.4) is 0 Å². The van der Waals surface area contributed by atoms with E-state index in [1.807, 2.05) is 20.0 Å². The molecule has 1 aromatic carbocycles. The van der Waals surface area contributed by atoms with Crippen molar-refractivity contribution in [3.05, 3.63) is 29.8 Å². The molecule has 0 fully saturated rings. The zero-order chi connectivity index (χ0) is 15.2. The number of hydrogen-bond acceptors (Lipinski definition) is 4. The van der Waals surface area contributed by atoms with Gasteiger partial charge in [0.25, 0.3) is 0 Å². The second kappa shape index (κ2) is 7.73. The summed E-state index contributed by atoms with van der Waals surface area (Å²) in [5, 5.41) is 3.17. The van der Waals surface area contributed by atoms with Crippen LogP contribution in [0.2, 0.25) is 0 Å². The van der Waals surface area contributed by atoms with E-state index in [-0.39, 0.29) is 23.6 Å². The molecule has 2 unspecified atom stereocenters. The Hall–Kier alpha value is -0.950. The van der Waals surface area contributed by atoms with Gasteiger partial charge in [-0.05, 0) is 38.1 Å². The largest absolute Gasteiger partial charge is 0.380 e. The van der Waals surface area contributed by atoms with Gasteiger partial charge in [0.15, 0.2) is 0 Å². The number of sulfonamides is 1. The maximum atomic E-state index is 12.2. The van der Waals surface area contributed by atoms with E-state index in [0.717, 1.165) is 12.0 Å². The highest BCUT2D eigenvalue weighted by atomic mass is 32.2. The molecular weight excluding hydrogens is 276 g/mol. The molecule has 114 valence electrons. The minimum absolute atomic E-state index is 0.156. The summed E-state index contributed by atoms with van der Waals surface area (Å²) in [6, 6.07) is 7.17. The summed E-state index contributed by atoms with van der Waals surface area (Å²) >= 11 is 0. The molecule has 20 heavy (non-hydrogen) atoms. The number of ether oxygens (including phenoxy) is 1. The third-order valence-electron chi connectivity index (χ3n) is 3.29. The number of nitrogens with one attached hydrogen (secondary N) is 2. The van der Waals surface area contributed by atoms with E-state index >= 15 is 0 Å². The lowest BCUT2D eigenvalue weighted by molar-refractivity contribution is 0.122.